The van der Waals surface area contributed by atoms with Crippen molar-refractivity contribution in [3.05, 3.63) is 65.2 Å². The number of aromatic nitrogens is 1. The Morgan fingerprint density at radius 2 is 1.75 bits per heavy atom. The van der Waals surface area contributed by atoms with Crippen molar-refractivity contribution in [1.29, 1.82) is 0 Å². The van der Waals surface area contributed by atoms with Crippen molar-refractivity contribution < 1.29 is 4.39 Å². The minimum absolute atomic E-state index is 0.0976. The number of pyridine rings is 1. The van der Waals surface area contributed by atoms with E-state index in [0.717, 1.165) is 12.2 Å². The smallest absolute Gasteiger partial charge is 0.141 e. The zero-order valence-electron chi connectivity index (χ0n) is 12.2. The maximum absolute atomic E-state index is 12.8. The average molecular weight is 272 g/mol. The Bertz CT molecular complexity index is 532. The summed E-state index contributed by atoms with van der Waals surface area (Å²) in [6.45, 7) is 7.19. The molecule has 1 unspecified atom stereocenters. The van der Waals surface area contributed by atoms with E-state index in [0.29, 0.717) is 5.92 Å². The average Bonchev–Trinajstić information content (AvgIpc) is 2.46. The summed E-state index contributed by atoms with van der Waals surface area (Å²) in [6.07, 6.45) is 1.25. The molecule has 0 aliphatic heterocycles. The highest BCUT2D eigenvalue weighted by atomic mass is 19.1. The van der Waals surface area contributed by atoms with Crippen molar-refractivity contribution in [3.63, 3.8) is 0 Å². The van der Waals surface area contributed by atoms with Crippen molar-refractivity contribution in [1.82, 2.24) is 10.3 Å². The van der Waals surface area contributed by atoms with Crippen LogP contribution in [0.3, 0.4) is 0 Å². The third-order valence-electron chi connectivity index (χ3n) is 3.45. The van der Waals surface area contributed by atoms with Gasteiger partial charge in [-0.15, -0.1) is 0 Å². The van der Waals surface area contributed by atoms with Crippen molar-refractivity contribution in [2.45, 2.75) is 39.3 Å². The SMILES string of the molecule is CC(C)c1ccc(CNC(C)c2ccc(F)cn2)cc1. The zero-order valence-corrected chi connectivity index (χ0v) is 12.2. The number of hydrogen-bond acceptors (Lipinski definition) is 2. The second-order valence-electron chi connectivity index (χ2n) is 5.40. The van der Waals surface area contributed by atoms with Crippen LogP contribution in [0.1, 0.15) is 49.6 Å². The summed E-state index contributed by atoms with van der Waals surface area (Å²) in [6, 6.07) is 11.9. The number of nitrogens with zero attached hydrogens (tertiary/aromatic N) is 1. The van der Waals surface area contributed by atoms with Crippen LogP contribution in [0.15, 0.2) is 42.6 Å². The van der Waals surface area contributed by atoms with Gasteiger partial charge in [-0.3, -0.25) is 4.98 Å². The Morgan fingerprint density at radius 1 is 1.05 bits per heavy atom. The highest BCUT2D eigenvalue weighted by molar-refractivity contribution is 5.24. The van der Waals surface area contributed by atoms with E-state index in [1.165, 1.54) is 23.4 Å². The number of rotatable bonds is 5. The molecule has 0 saturated carbocycles. The number of nitrogens with one attached hydrogen (secondary N) is 1. The van der Waals surface area contributed by atoms with Gasteiger partial charge in [-0.25, -0.2) is 4.39 Å². The second-order valence-corrected chi connectivity index (χ2v) is 5.40. The minimum atomic E-state index is -0.301. The van der Waals surface area contributed by atoms with Gasteiger partial charge in [0.1, 0.15) is 5.82 Å². The van der Waals surface area contributed by atoms with Crippen molar-refractivity contribution in [2.24, 2.45) is 0 Å². The predicted octanol–water partition coefficient (Wildman–Crippen LogP) is 4.19. The van der Waals surface area contributed by atoms with Crippen molar-refractivity contribution in [2.75, 3.05) is 0 Å². The van der Waals surface area contributed by atoms with Crippen molar-refractivity contribution >= 4 is 0 Å². The summed E-state index contributed by atoms with van der Waals surface area (Å²) in [4.78, 5) is 4.09. The predicted molar refractivity (Wildman–Crippen MR) is 80.0 cm³/mol. The third-order valence-corrected chi connectivity index (χ3v) is 3.45. The molecule has 0 aliphatic rings. The van der Waals surface area contributed by atoms with Crippen LogP contribution >= 0.6 is 0 Å². The summed E-state index contributed by atoms with van der Waals surface area (Å²) in [5, 5.41) is 3.40. The summed E-state index contributed by atoms with van der Waals surface area (Å²) in [7, 11) is 0. The quantitative estimate of drug-likeness (QED) is 0.882. The molecule has 0 spiro atoms. The van der Waals surface area contributed by atoms with Gasteiger partial charge in [0.05, 0.1) is 11.9 Å². The fourth-order valence-electron chi connectivity index (χ4n) is 2.04. The molecule has 1 N–H and O–H groups in total. The molecule has 0 amide bonds. The molecule has 0 bridgehead atoms. The topological polar surface area (TPSA) is 24.9 Å². The van der Waals surface area contributed by atoms with Crippen LogP contribution < -0.4 is 5.32 Å². The molecule has 1 aromatic carbocycles. The highest BCUT2D eigenvalue weighted by Gasteiger charge is 2.06. The normalized spacial score (nSPS) is 12.7. The molecule has 0 aliphatic carbocycles. The maximum atomic E-state index is 12.8. The van der Waals surface area contributed by atoms with E-state index in [1.54, 1.807) is 6.07 Å². The van der Waals surface area contributed by atoms with Gasteiger partial charge in [0.2, 0.25) is 0 Å². The largest absolute Gasteiger partial charge is 0.305 e. The van der Waals surface area contributed by atoms with E-state index in [1.807, 2.05) is 6.92 Å². The van der Waals surface area contributed by atoms with E-state index >= 15 is 0 Å². The summed E-state index contributed by atoms with van der Waals surface area (Å²) in [5.74, 6) is 0.254. The molecule has 1 heterocycles. The fraction of sp³-hybridized carbons (Fsp3) is 0.353. The molecule has 2 rings (SSSR count). The first-order valence-electron chi connectivity index (χ1n) is 7.00. The van der Waals surface area contributed by atoms with Crippen LogP contribution in [-0.4, -0.2) is 4.98 Å². The minimum Gasteiger partial charge on any atom is -0.305 e. The number of hydrogen-bond donors (Lipinski definition) is 1. The molecular formula is C17H21FN2. The third kappa shape index (κ3) is 3.87. The molecule has 3 heteroatoms. The van der Waals surface area contributed by atoms with Gasteiger partial charge in [0, 0.05) is 12.6 Å². The molecular weight excluding hydrogens is 251 g/mol. The van der Waals surface area contributed by atoms with Gasteiger partial charge in [-0.1, -0.05) is 38.1 Å². The Balaban J connectivity index is 1.92. The van der Waals surface area contributed by atoms with E-state index in [-0.39, 0.29) is 11.9 Å². The molecule has 2 aromatic rings. The highest BCUT2D eigenvalue weighted by Crippen LogP contribution is 2.15. The summed E-state index contributed by atoms with van der Waals surface area (Å²) < 4.78 is 12.8. The van der Waals surface area contributed by atoms with Crippen LogP contribution in [-0.2, 0) is 6.54 Å². The van der Waals surface area contributed by atoms with Gasteiger partial charge >= 0.3 is 0 Å². The van der Waals surface area contributed by atoms with Crippen LogP contribution in [0.4, 0.5) is 4.39 Å². The maximum Gasteiger partial charge on any atom is 0.141 e. The number of benzene rings is 1. The van der Waals surface area contributed by atoms with Gasteiger partial charge in [-0.05, 0) is 36.1 Å². The molecule has 2 nitrogen and oxygen atoms in total. The van der Waals surface area contributed by atoms with E-state index in [2.05, 4.69) is 48.4 Å². The van der Waals surface area contributed by atoms with Gasteiger partial charge in [-0.2, -0.15) is 0 Å². The first-order chi connectivity index (χ1) is 9.56. The molecule has 1 atom stereocenters. The lowest BCUT2D eigenvalue weighted by Crippen LogP contribution is -2.19. The van der Waals surface area contributed by atoms with Gasteiger partial charge in [0.15, 0.2) is 0 Å². The molecule has 0 saturated heterocycles. The molecule has 1 aromatic heterocycles. The van der Waals surface area contributed by atoms with Crippen molar-refractivity contribution in [3.8, 4) is 0 Å². The first kappa shape index (κ1) is 14.7. The number of halogens is 1. The van der Waals surface area contributed by atoms with Crippen LogP contribution in [0.2, 0.25) is 0 Å². The Morgan fingerprint density at radius 3 is 2.30 bits per heavy atom. The molecule has 106 valence electrons. The lowest BCUT2D eigenvalue weighted by Gasteiger charge is -2.14. The van der Waals surface area contributed by atoms with E-state index in [9.17, 15) is 4.39 Å². The lowest BCUT2D eigenvalue weighted by molar-refractivity contribution is 0.554. The zero-order chi connectivity index (χ0) is 14.5. The fourth-order valence-corrected chi connectivity index (χ4v) is 2.04. The Labute approximate surface area is 120 Å². The summed E-state index contributed by atoms with van der Waals surface area (Å²) >= 11 is 0. The van der Waals surface area contributed by atoms with Gasteiger partial charge in [0.25, 0.3) is 0 Å². The first-order valence-corrected chi connectivity index (χ1v) is 7.00. The van der Waals surface area contributed by atoms with E-state index in [4.69, 9.17) is 0 Å². The lowest BCUT2D eigenvalue weighted by atomic mass is 10.0. The molecule has 0 radical (unpaired) electrons. The van der Waals surface area contributed by atoms with Crippen LogP contribution in [0, 0.1) is 5.82 Å². The standard InChI is InChI=1S/C17H21FN2/c1-12(2)15-6-4-14(5-7-15)10-19-13(3)17-9-8-16(18)11-20-17/h4-9,11-13,19H,10H2,1-3H3. The van der Waals surface area contributed by atoms with Gasteiger partial charge < -0.3 is 5.32 Å². The van der Waals surface area contributed by atoms with E-state index < -0.39 is 0 Å². The molecule has 20 heavy (non-hydrogen) atoms. The Hall–Kier alpha value is -1.74. The monoisotopic (exact) mass is 272 g/mol. The second kappa shape index (κ2) is 6.62. The van der Waals surface area contributed by atoms with Crippen LogP contribution in [0.5, 0.6) is 0 Å². The summed E-state index contributed by atoms with van der Waals surface area (Å²) in [5.41, 5.74) is 3.44. The molecule has 0 fully saturated rings. The van der Waals surface area contributed by atoms with Crippen LogP contribution in [0.25, 0.3) is 0 Å². The Kier molecular flexibility index (Phi) is 4.85.